The van der Waals surface area contributed by atoms with Gasteiger partial charge in [-0.1, -0.05) is 31.5 Å². The molecular weight excluding hydrogens is 237 g/mol. The molecule has 3 heteroatoms. The van der Waals surface area contributed by atoms with Crippen LogP contribution in [0.1, 0.15) is 32.3 Å². The van der Waals surface area contributed by atoms with Crippen LogP contribution in [0.4, 0.5) is 4.39 Å². The molecule has 0 heterocycles. The average molecular weight is 258 g/mol. The first kappa shape index (κ1) is 14.5. The number of nitrogens with one attached hydrogen (secondary N) is 1. The molecule has 96 valence electrons. The van der Waals surface area contributed by atoms with E-state index in [0.717, 1.165) is 32.4 Å². The lowest BCUT2D eigenvalue weighted by Gasteiger charge is -2.08. The fourth-order valence-electron chi connectivity index (χ4n) is 1.71. The van der Waals surface area contributed by atoms with E-state index in [1.54, 1.807) is 12.1 Å². The highest BCUT2D eigenvalue weighted by Gasteiger charge is 2.05. The number of halogens is 2. The molecule has 0 saturated carbocycles. The summed E-state index contributed by atoms with van der Waals surface area (Å²) in [7, 11) is 0. The third-order valence-electron chi connectivity index (χ3n) is 2.64. The summed E-state index contributed by atoms with van der Waals surface area (Å²) in [5.41, 5.74) is 0.651. The van der Waals surface area contributed by atoms with Gasteiger partial charge in [0.05, 0.1) is 0 Å². The van der Waals surface area contributed by atoms with E-state index in [4.69, 9.17) is 11.6 Å². The monoisotopic (exact) mass is 257 g/mol. The maximum atomic E-state index is 13.4. The highest BCUT2D eigenvalue weighted by atomic mass is 35.5. The van der Waals surface area contributed by atoms with Gasteiger partial charge in [0.15, 0.2) is 0 Å². The Bertz CT molecular complexity index is 319. The van der Waals surface area contributed by atoms with Gasteiger partial charge in [-0.3, -0.25) is 0 Å². The van der Waals surface area contributed by atoms with Gasteiger partial charge in [0.25, 0.3) is 0 Å². The minimum atomic E-state index is -0.187. The third-order valence-corrected chi connectivity index (χ3v) is 3.00. The Labute approximate surface area is 108 Å². The molecule has 1 nitrogen and oxygen atoms in total. The van der Waals surface area contributed by atoms with Crippen molar-refractivity contribution in [2.24, 2.45) is 5.92 Å². The molecule has 0 amide bonds. The molecule has 0 aromatic heterocycles. The summed E-state index contributed by atoms with van der Waals surface area (Å²) in [5.74, 6) is 0.489. The third kappa shape index (κ3) is 5.51. The molecule has 0 spiro atoms. The normalized spacial score (nSPS) is 11.1. The summed E-state index contributed by atoms with van der Waals surface area (Å²) in [6.07, 6.45) is 2.73. The Morgan fingerprint density at radius 1 is 1.29 bits per heavy atom. The molecule has 0 saturated heterocycles. The summed E-state index contributed by atoms with van der Waals surface area (Å²) in [4.78, 5) is 0. The number of hydrogen-bond acceptors (Lipinski definition) is 1. The molecule has 0 fully saturated rings. The Kier molecular flexibility index (Phi) is 6.53. The van der Waals surface area contributed by atoms with Crippen LogP contribution in [0, 0.1) is 11.7 Å². The lowest BCUT2D eigenvalue weighted by atomic mass is 10.1. The predicted octanol–water partition coefficient (Wildman–Crippen LogP) is 4.05. The van der Waals surface area contributed by atoms with Crippen LogP contribution in [0.15, 0.2) is 18.2 Å². The van der Waals surface area contributed by atoms with Crippen LogP contribution in [0.3, 0.4) is 0 Å². The van der Waals surface area contributed by atoms with E-state index < -0.39 is 0 Å². The molecule has 1 rings (SSSR count). The van der Waals surface area contributed by atoms with E-state index in [0.29, 0.717) is 16.5 Å². The molecule has 0 unspecified atom stereocenters. The molecule has 1 N–H and O–H groups in total. The van der Waals surface area contributed by atoms with E-state index in [2.05, 4.69) is 19.2 Å². The zero-order chi connectivity index (χ0) is 12.7. The fourth-order valence-corrected chi connectivity index (χ4v) is 1.97. The van der Waals surface area contributed by atoms with Crippen molar-refractivity contribution in [1.82, 2.24) is 5.32 Å². The minimum absolute atomic E-state index is 0.187. The Morgan fingerprint density at radius 3 is 2.71 bits per heavy atom. The molecule has 1 aromatic rings. The summed E-state index contributed by atoms with van der Waals surface area (Å²) >= 11 is 5.96. The lowest BCUT2D eigenvalue weighted by molar-refractivity contribution is 0.532. The van der Waals surface area contributed by atoms with E-state index in [1.165, 1.54) is 6.07 Å². The number of unbranched alkanes of at least 4 members (excludes halogenated alkanes) is 1. The van der Waals surface area contributed by atoms with E-state index in [9.17, 15) is 4.39 Å². The van der Waals surface area contributed by atoms with Crippen LogP contribution in [-0.4, -0.2) is 13.1 Å². The van der Waals surface area contributed by atoms with Crippen molar-refractivity contribution in [1.29, 1.82) is 0 Å². The van der Waals surface area contributed by atoms with E-state index >= 15 is 0 Å². The molecule has 0 radical (unpaired) electrons. The van der Waals surface area contributed by atoms with Gasteiger partial charge in [-0.2, -0.15) is 0 Å². The van der Waals surface area contributed by atoms with Crippen molar-refractivity contribution in [3.63, 3.8) is 0 Å². The first-order valence-corrected chi connectivity index (χ1v) is 6.62. The number of benzene rings is 1. The van der Waals surface area contributed by atoms with Gasteiger partial charge < -0.3 is 5.32 Å². The Hall–Kier alpha value is -0.600. The summed E-state index contributed by atoms with van der Waals surface area (Å²) in [6.45, 7) is 6.41. The van der Waals surface area contributed by atoms with Crippen LogP contribution >= 0.6 is 11.6 Å². The standard InChI is InChI=1S/C14H21ClFN/c1-11(2)10-17-9-4-3-6-12-13(15)7-5-8-14(12)16/h5,7-8,11,17H,3-4,6,9-10H2,1-2H3. The Morgan fingerprint density at radius 2 is 2.06 bits per heavy atom. The molecule has 1 aromatic carbocycles. The van der Waals surface area contributed by atoms with Gasteiger partial charge in [-0.25, -0.2) is 4.39 Å². The second kappa shape index (κ2) is 7.67. The zero-order valence-electron chi connectivity index (χ0n) is 10.6. The largest absolute Gasteiger partial charge is 0.316 e. The SMILES string of the molecule is CC(C)CNCCCCc1c(F)cccc1Cl. The highest BCUT2D eigenvalue weighted by molar-refractivity contribution is 6.31. The van der Waals surface area contributed by atoms with Gasteiger partial charge in [0.1, 0.15) is 5.82 Å². The fraction of sp³-hybridized carbons (Fsp3) is 0.571. The first-order valence-electron chi connectivity index (χ1n) is 6.25. The van der Waals surface area contributed by atoms with Crippen LogP contribution in [0.5, 0.6) is 0 Å². The minimum Gasteiger partial charge on any atom is -0.316 e. The van der Waals surface area contributed by atoms with Crippen molar-refractivity contribution >= 4 is 11.6 Å². The molecule has 0 bridgehead atoms. The highest BCUT2D eigenvalue weighted by Crippen LogP contribution is 2.20. The molecule has 0 atom stereocenters. The first-order chi connectivity index (χ1) is 8.11. The molecule has 0 aliphatic carbocycles. The molecular formula is C14H21ClFN. The van der Waals surface area contributed by atoms with Gasteiger partial charge in [0.2, 0.25) is 0 Å². The summed E-state index contributed by atoms with van der Waals surface area (Å²) in [6, 6.07) is 4.86. The van der Waals surface area contributed by atoms with Crippen molar-refractivity contribution in [2.45, 2.75) is 33.1 Å². The van der Waals surface area contributed by atoms with E-state index in [1.807, 2.05) is 0 Å². The van der Waals surface area contributed by atoms with Gasteiger partial charge in [0, 0.05) is 10.6 Å². The number of rotatable bonds is 7. The predicted molar refractivity (Wildman–Crippen MR) is 72.1 cm³/mol. The van der Waals surface area contributed by atoms with Crippen LogP contribution in [0.25, 0.3) is 0 Å². The van der Waals surface area contributed by atoms with Crippen LogP contribution in [0.2, 0.25) is 5.02 Å². The second-order valence-electron chi connectivity index (χ2n) is 4.76. The molecule has 0 aliphatic rings. The summed E-state index contributed by atoms with van der Waals surface area (Å²) in [5, 5.41) is 3.92. The molecule has 17 heavy (non-hydrogen) atoms. The maximum absolute atomic E-state index is 13.4. The maximum Gasteiger partial charge on any atom is 0.127 e. The molecule has 0 aliphatic heterocycles. The van der Waals surface area contributed by atoms with Crippen molar-refractivity contribution in [3.05, 3.63) is 34.6 Å². The second-order valence-corrected chi connectivity index (χ2v) is 5.16. The van der Waals surface area contributed by atoms with Crippen LogP contribution in [-0.2, 0) is 6.42 Å². The van der Waals surface area contributed by atoms with Crippen molar-refractivity contribution in [3.8, 4) is 0 Å². The van der Waals surface area contributed by atoms with Gasteiger partial charge >= 0.3 is 0 Å². The summed E-state index contributed by atoms with van der Waals surface area (Å²) < 4.78 is 13.4. The van der Waals surface area contributed by atoms with Crippen molar-refractivity contribution in [2.75, 3.05) is 13.1 Å². The lowest BCUT2D eigenvalue weighted by Crippen LogP contribution is -2.20. The Balaban J connectivity index is 2.22. The van der Waals surface area contributed by atoms with Gasteiger partial charge in [-0.15, -0.1) is 0 Å². The quantitative estimate of drug-likeness (QED) is 0.727. The topological polar surface area (TPSA) is 12.0 Å². The van der Waals surface area contributed by atoms with Crippen molar-refractivity contribution < 1.29 is 4.39 Å². The number of hydrogen-bond donors (Lipinski definition) is 1. The smallest absolute Gasteiger partial charge is 0.127 e. The average Bonchev–Trinajstić information content (AvgIpc) is 2.26. The zero-order valence-corrected chi connectivity index (χ0v) is 11.4. The van der Waals surface area contributed by atoms with Gasteiger partial charge in [-0.05, 0) is 50.4 Å². The van der Waals surface area contributed by atoms with Crippen LogP contribution < -0.4 is 5.32 Å². The van der Waals surface area contributed by atoms with E-state index in [-0.39, 0.29) is 5.82 Å².